The maximum atomic E-state index is 12.0. The fraction of sp³-hybridized carbons (Fsp3) is 0.533. The summed E-state index contributed by atoms with van der Waals surface area (Å²) in [7, 11) is -3.34. The Morgan fingerprint density at radius 3 is 2.96 bits per heavy atom. The van der Waals surface area contributed by atoms with Gasteiger partial charge in [0.05, 0.1) is 23.1 Å². The number of anilines is 1. The van der Waals surface area contributed by atoms with Gasteiger partial charge in [0.15, 0.2) is 9.84 Å². The zero-order valence-electron chi connectivity index (χ0n) is 13.5. The van der Waals surface area contributed by atoms with Gasteiger partial charge in [-0.2, -0.15) is 0 Å². The molecule has 1 atom stereocenters. The summed E-state index contributed by atoms with van der Waals surface area (Å²) in [6, 6.07) is 0. The first-order valence-electron chi connectivity index (χ1n) is 7.92. The van der Waals surface area contributed by atoms with E-state index in [0.29, 0.717) is 18.2 Å². The lowest BCUT2D eigenvalue weighted by Crippen LogP contribution is -2.30. The number of aromatic nitrogens is 3. The topological polar surface area (TPSA) is 96.9 Å². The SMILES string of the molecule is CS(=O)(=O)c1cnc(NCCc2cscn2)nc1[C@@H]1CCCNC1. The van der Waals surface area contributed by atoms with E-state index in [-0.39, 0.29) is 10.8 Å². The molecule has 24 heavy (non-hydrogen) atoms. The lowest BCUT2D eigenvalue weighted by molar-refractivity contribution is 0.448. The van der Waals surface area contributed by atoms with Gasteiger partial charge in [-0.3, -0.25) is 0 Å². The number of hydrogen-bond acceptors (Lipinski definition) is 8. The summed E-state index contributed by atoms with van der Waals surface area (Å²) in [5.74, 6) is 0.573. The number of rotatable bonds is 6. The van der Waals surface area contributed by atoms with Crippen LogP contribution in [0.3, 0.4) is 0 Å². The smallest absolute Gasteiger partial charge is 0.222 e. The quantitative estimate of drug-likeness (QED) is 0.798. The fourth-order valence-corrected chi connectivity index (χ4v) is 4.23. The Kier molecular flexibility index (Phi) is 5.42. The van der Waals surface area contributed by atoms with Crippen LogP contribution in [0.25, 0.3) is 0 Å². The van der Waals surface area contributed by atoms with Crippen molar-refractivity contribution in [3.63, 3.8) is 0 Å². The Morgan fingerprint density at radius 1 is 1.42 bits per heavy atom. The molecule has 1 aliphatic rings. The zero-order valence-corrected chi connectivity index (χ0v) is 15.2. The molecule has 1 aliphatic heterocycles. The normalized spacial score (nSPS) is 18.5. The molecular weight excluding hydrogens is 346 g/mol. The van der Waals surface area contributed by atoms with E-state index >= 15 is 0 Å². The third-order valence-electron chi connectivity index (χ3n) is 4.01. The van der Waals surface area contributed by atoms with Crippen molar-refractivity contribution in [2.45, 2.75) is 30.1 Å². The lowest BCUT2D eigenvalue weighted by Gasteiger charge is -2.24. The van der Waals surface area contributed by atoms with Gasteiger partial charge in [-0.15, -0.1) is 11.3 Å². The molecule has 0 aliphatic carbocycles. The monoisotopic (exact) mass is 367 g/mol. The molecule has 2 aromatic rings. The van der Waals surface area contributed by atoms with Crippen molar-refractivity contribution in [1.82, 2.24) is 20.3 Å². The first-order valence-corrected chi connectivity index (χ1v) is 10.8. The molecule has 0 unspecified atom stereocenters. The molecule has 0 saturated carbocycles. The molecule has 1 fully saturated rings. The summed E-state index contributed by atoms with van der Waals surface area (Å²) in [4.78, 5) is 13.2. The summed E-state index contributed by atoms with van der Waals surface area (Å²) < 4.78 is 24.1. The average Bonchev–Trinajstić information content (AvgIpc) is 3.08. The molecule has 0 amide bonds. The first kappa shape index (κ1) is 17.2. The van der Waals surface area contributed by atoms with Crippen LogP contribution < -0.4 is 10.6 Å². The molecular formula is C15H21N5O2S2. The summed E-state index contributed by atoms with van der Waals surface area (Å²) >= 11 is 1.57. The summed E-state index contributed by atoms with van der Waals surface area (Å²) in [6.45, 7) is 2.37. The number of nitrogens with zero attached hydrogens (tertiary/aromatic N) is 3. The molecule has 0 aromatic carbocycles. The molecule has 130 valence electrons. The zero-order chi connectivity index (χ0) is 17.0. The highest BCUT2D eigenvalue weighted by Gasteiger charge is 2.25. The van der Waals surface area contributed by atoms with Crippen molar-refractivity contribution in [1.29, 1.82) is 0 Å². The highest BCUT2D eigenvalue weighted by molar-refractivity contribution is 7.90. The van der Waals surface area contributed by atoms with Gasteiger partial charge in [0.25, 0.3) is 0 Å². The third-order valence-corrected chi connectivity index (χ3v) is 5.76. The van der Waals surface area contributed by atoms with Gasteiger partial charge in [-0.05, 0) is 19.4 Å². The van der Waals surface area contributed by atoms with Gasteiger partial charge in [-0.25, -0.2) is 23.4 Å². The Morgan fingerprint density at radius 2 is 2.29 bits per heavy atom. The predicted molar refractivity (Wildman–Crippen MR) is 94.3 cm³/mol. The standard InChI is InChI=1S/C15H21N5O2S2/c1-24(21,22)13-8-18-15(17-6-4-12-9-23-10-19-12)20-14(13)11-3-2-5-16-7-11/h8-11,16H,2-7H2,1H3,(H,17,18,20)/t11-/m1/s1. The molecule has 0 radical (unpaired) electrons. The summed E-state index contributed by atoms with van der Waals surface area (Å²) in [6.07, 6.45) is 5.37. The molecule has 0 spiro atoms. The second kappa shape index (κ2) is 7.54. The van der Waals surface area contributed by atoms with Crippen molar-refractivity contribution in [2.24, 2.45) is 0 Å². The van der Waals surface area contributed by atoms with E-state index in [1.54, 1.807) is 16.8 Å². The average molecular weight is 368 g/mol. The number of hydrogen-bond donors (Lipinski definition) is 2. The molecule has 7 nitrogen and oxygen atoms in total. The minimum Gasteiger partial charge on any atom is -0.354 e. The largest absolute Gasteiger partial charge is 0.354 e. The second-order valence-electron chi connectivity index (χ2n) is 5.92. The van der Waals surface area contributed by atoms with Crippen LogP contribution in [0.1, 0.15) is 30.1 Å². The Balaban J connectivity index is 1.78. The van der Waals surface area contributed by atoms with Crippen molar-refractivity contribution in [3.05, 3.63) is 28.5 Å². The van der Waals surface area contributed by atoms with Crippen LogP contribution in [0.4, 0.5) is 5.95 Å². The summed E-state index contributed by atoms with van der Waals surface area (Å²) in [5, 5.41) is 8.49. The molecule has 2 aromatic heterocycles. The van der Waals surface area contributed by atoms with Crippen molar-refractivity contribution < 1.29 is 8.42 Å². The number of piperidine rings is 1. The number of nitrogens with one attached hydrogen (secondary N) is 2. The van der Waals surface area contributed by atoms with Crippen LogP contribution in [-0.4, -0.2) is 49.3 Å². The van der Waals surface area contributed by atoms with Gasteiger partial charge in [-0.1, -0.05) is 0 Å². The molecule has 9 heteroatoms. The van der Waals surface area contributed by atoms with E-state index in [0.717, 1.165) is 38.0 Å². The number of sulfone groups is 1. The van der Waals surface area contributed by atoms with Gasteiger partial charge < -0.3 is 10.6 Å². The van der Waals surface area contributed by atoms with Crippen molar-refractivity contribution in [3.8, 4) is 0 Å². The maximum Gasteiger partial charge on any atom is 0.222 e. The van der Waals surface area contributed by atoms with Gasteiger partial charge in [0, 0.05) is 37.1 Å². The lowest BCUT2D eigenvalue weighted by atomic mass is 9.96. The van der Waals surface area contributed by atoms with Crippen molar-refractivity contribution >= 4 is 27.1 Å². The Labute approximate surface area is 145 Å². The molecule has 1 saturated heterocycles. The van der Waals surface area contributed by atoms with E-state index in [1.807, 2.05) is 5.38 Å². The van der Waals surface area contributed by atoms with E-state index < -0.39 is 9.84 Å². The van der Waals surface area contributed by atoms with Crippen LogP contribution >= 0.6 is 11.3 Å². The van der Waals surface area contributed by atoms with Gasteiger partial charge in [0.2, 0.25) is 5.95 Å². The first-order chi connectivity index (χ1) is 11.5. The second-order valence-corrected chi connectivity index (χ2v) is 8.62. The number of thiazole rings is 1. The van der Waals surface area contributed by atoms with Crippen molar-refractivity contribution in [2.75, 3.05) is 31.2 Å². The molecule has 3 heterocycles. The Hall–Kier alpha value is -1.58. The highest BCUT2D eigenvalue weighted by Crippen LogP contribution is 2.27. The minimum atomic E-state index is -3.34. The minimum absolute atomic E-state index is 0.102. The van der Waals surface area contributed by atoms with Crippen LogP contribution in [0.2, 0.25) is 0 Å². The van der Waals surface area contributed by atoms with Crippen LogP contribution in [0.15, 0.2) is 22.0 Å². The van der Waals surface area contributed by atoms with E-state index in [9.17, 15) is 8.42 Å². The fourth-order valence-electron chi connectivity index (χ4n) is 2.80. The maximum absolute atomic E-state index is 12.0. The van der Waals surface area contributed by atoms with E-state index in [2.05, 4.69) is 25.6 Å². The highest BCUT2D eigenvalue weighted by atomic mass is 32.2. The predicted octanol–water partition coefficient (Wildman–Crippen LogP) is 1.46. The van der Waals surface area contributed by atoms with Crippen LogP contribution in [-0.2, 0) is 16.3 Å². The summed E-state index contributed by atoms with van der Waals surface area (Å²) in [5.41, 5.74) is 3.45. The van der Waals surface area contributed by atoms with Crippen LogP contribution in [0.5, 0.6) is 0 Å². The molecule has 3 rings (SSSR count). The van der Waals surface area contributed by atoms with Crippen LogP contribution in [0, 0.1) is 0 Å². The van der Waals surface area contributed by atoms with E-state index in [1.165, 1.54) is 12.5 Å². The Bertz CT molecular complexity index is 771. The van der Waals surface area contributed by atoms with Gasteiger partial charge in [0.1, 0.15) is 4.90 Å². The van der Waals surface area contributed by atoms with E-state index in [4.69, 9.17) is 0 Å². The van der Waals surface area contributed by atoms with Gasteiger partial charge >= 0.3 is 0 Å². The molecule has 0 bridgehead atoms. The third kappa shape index (κ3) is 4.28. The molecule has 2 N–H and O–H groups in total.